The van der Waals surface area contributed by atoms with Crippen LogP contribution in [0.5, 0.6) is 0 Å². The van der Waals surface area contributed by atoms with E-state index in [4.69, 9.17) is 4.74 Å². The van der Waals surface area contributed by atoms with Crippen LogP contribution in [-0.4, -0.2) is 37.1 Å². The van der Waals surface area contributed by atoms with Gasteiger partial charge in [-0.3, -0.25) is 4.79 Å². The summed E-state index contributed by atoms with van der Waals surface area (Å²) >= 11 is 1.71. The van der Waals surface area contributed by atoms with E-state index in [2.05, 4.69) is 9.88 Å². The molecule has 0 aromatic carbocycles. The first-order valence-electron chi connectivity index (χ1n) is 6.58. The third kappa shape index (κ3) is 2.17. The van der Waals surface area contributed by atoms with E-state index < -0.39 is 0 Å². The van der Waals surface area contributed by atoms with Crippen molar-refractivity contribution in [3.05, 3.63) is 10.6 Å². The lowest BCUT2D eigenvalue weighted by Gasteiger charge is -2.30. The number of nitrogens with zero attached hydrogens (tertiary/aromatic N) is 2. The fourth-order valence-corrected chi connectivity index (χ4v) is 3.84. The number of hydrogen-bond donors (Lipinski definition) is 0. The highest BCUT2D eigenvalue weighted by Crippen LogP contribution is 2.33. The normalized spacial score (nSPS) is 21.2. The lowest BCUT2D eigenvalue weighted by molar-refractivity contribution is 0.0819. The third-order valence-corrected chi connectivity index (χ3v) is 4.98. The van der Waals surface area contributed by atoms with Crippen LogP contribution in [0, 0.1) is 0 Å². The monoisotopic (exact) mass is 266 g/mol. The van der Waals surface area contributed by atoms with Gasteiger partial charge in [0, 0.05) is 31.5 Å². The molecule has 98 valence electrons. The Morgan fingerprint density at radius 1 is 1.33 bits per heavy atom. The van der Waals surface area contributed by atoms with Gasteiger partial charge in [0.05, 0.1) is 6.10 Å². The summed E-state index contributed by atoms with van der Waals surface area (Å²) < 4.78 is 5.38. The summed E-state index contributed by atoms with van der Waals surface area (Å²) in [6.45, 7) is 1.97. The molecule has 1 aliphatic carbocycles. The van der Waals surface area contributed by atoms with Gasteiger partial charge in [0.2, 0.25) is 0 Å². The summed E-state index contributed by atoms with van der Waals surface area (Å²) in [6.07, 6.45) is 5.16. The zero-order valence-corrected chi connectivity index (χ0v) is 11.5. The van der Waals surface area contributed by atoms with Gasteiger partial charge in [-0.05, 0) is 25.7 Å². The Hall–Kier alpha value is -0.940. The fourth-order valence-electron chi connectivity index (χ4n) is 2.67. The van der Waals surface area contributed by atoms with E-state index in [9.17, 15) is 4.79 Å². The summed E-state index contributed by atoms with van der Waals surface area (Å²) in [4.78, 5) is 19.8. The van der Waals surface area contributed by atoms with Crippen LogP contribution in [0.15, 0.2) is 0 Å². The van der Waals surface area contributed by atoms with E-state index in [1.54, 1.807) is 18.4 Å². The number of aromatic nitrogens is 1. The lowest BCUT2D eigenvalue weighted by Crippen LogP contribution is -2.36. The zero-order chi connectivity index (χ0) is 12.5. The molecule has 1 aromatic rings. The molecule has 5 heteroatoms. The van der Waals surface area contributed by atoms with Crippen molar-refractivity contribution < 1.29 is 9.53 Å². The average Bonchev–Trinajstić information content (AvgIpc) is 2.84. The summed E-state index contributed by atoms with van der Waals surface area (Å²) in [7, 11) is 1.78. The Morgan fingerprint density at radius 2 is 2.11 bits per heavy atom. The number of aryl methyl sites for hydroxylation is 1. The van der Waals surface area contributed by atoms with Crippen molar-refractivity contribution in [2.45, 2.75) is 38.2 Å². The number of thiazole rings is 1. The van der Waals surface area contributed by atoms with Gasteiger partial charge in [0.15, 0.2) is 10.9 Å². The summed E-state index contributed by atoms with van der Waals surface area (Å²) in [5.74, 6) is 0.227. The van der Waals surface area contributed by atoms with Crippen LogP contribution in [-0.2, 0) is 11.2 Å². The minimum absolute atomic E-state index is 0.227. The number of piperidine rings is 1. The van der Waals surface area contributed by atoms with Crippen molar-refractivity contribution in [2.24, 2.45) is 0 Å². The third-order valence-electron chi connectivity index (χ3n) is 3.80. The summed E-state index contributed by atoms with van der Waals surface area (Å²) in [5.41, 5.74) is 0.745. The molecule has 3 rings (SSSR count). The number of rotatable bonds is 2. The van der Waals surface area contributed by atoms with Crippen LogP contribution < -0.4 is 4.90 Å². The minimum Gasteiger partial charge on any atom is -0.381 e. The molecular formula is C13H18N2O2S. The van der Waals surface area contributed by atoms with E-state index >= 15 is 0 Å². The van der Waals surface area contributed by atoms with Gasteiger partial charge in [-0.25, -0.2) is 4.98 Å². The Bertz CT molecular complexity index is 450. The van der Waals surface area contributed by atoms with E-state index in [0.717, 1.165) is 49.6 Å². The van der Waals surface area contributed by atoms with E-state index in [0.29, 0.717) is 12.5 Å². The minimum atomic E-state index is 0.227. The van der Waals surface area contributed by atoms with Gasteiger partial charge in [0.1, 0.15) is 5.69 Å². The van der Waals surface area contributed by atoms with Gasteiger partial charge >= 0.3 is 0 Å². The summed E-state index contributed by atoms with van der Waals surface area (Å²) in [6, 6.07) is 0. The SMILES string of the molecule is COC1CCN(c2nc3c(s2)CCCC3=O)CC1. The van der Waals surface area contributed by atoms with Crippen molar-refractivity contribution in [3.8, 4) is 0 Å². The molecule has 2 aliphatic rings. The van der Waals surface area contributed by atoms with E-state index in [1.807, 2.05) is 0 Å². The molecule has 0 unspecified atom stereocenters. The van der Waals surface area contributed by atoms with Crippen molar-refractivity contribution in [3.63, 3.8) is 0 Å². The second kappa shape index (κ2) is 4.97. The Kier molecular flexibility index (Phi) is 3.35. The Labute approximate surface area is 111 Å². The first kappa shape index (κ1) is 12.1. The second-order valence-electron chi connectivity index (χ2n) is 4.97. The molecule has 1 aromatic heterocycles. The predicted molar refractivity (Wildman–Crippen MR) is 71.6 cm³/mol. The highest BCUT2D eigenvalue weighted by Gasteiger charge is 2.26. The molecule has 0 bridgehead atoms. The van der Waals surface area contributed by atoms with E-state index in [1.165, 1.54) is 4.88 Å². The number of ether oxygens (including phenoxy) is 1. The molecule has 2 heterocycles. The van der Waals surface area contributed by atoms with Crippen LogP contribution in [0.25, 0.3) is 0 Å². The van der Waals surface area contributed by atoms with Crippen molar-refractivity contribution in [2.75, 3.05) is 25.1 Å². The maximum atomic E-state index is 11.8. The van der Waals surface area contributed by atoms with Crippen LogP contribution in [0.4, 0.5) is 5.13 Å². The number of carbonyl (C=O) groups is 1. The number of Topliss-reactive ketones (excluding diaryl/α,β-unsaturated/α-hetero) is 1. The second-order valence-corrected chi connectivity index (χ2v) is 6.03. The topological polar surface area (TPSA) is 42.4 Å². The summed E-state index contributed by atoms with van der Waals surface area (Å²) in [5, 5.41) is 1.03. The number of fused-ring (bicyclic) bond motifs is 1. The average molecular weight is 266 g/mol. The number of hydrogen-bond acceptors (Lipinski definition) is 5. The highest BCUT2D eigenvalue weighted by molar-refractivity contribution is 7.16. The first-order valence-corrected chi connectivity index (χ1v) is 7.40. The predicted octanol–water partition coefficient (Wildman–Crippen LogP) is 2.28. The van der Waals surface area contributed by atoms with Crippen molar-refractivity contribution in [1.29, 1.82) is 0 Å². The molecule has 1 aliphatic heterocycles. The van der Waals surface area contributed by atoms with Crippen LogP contribution in [0.1, 0.15) is 41.0 Å². The molecule has 0 radical (unpaired) electrons. The van der Waals surface area contributed by atoms with Crippen LogP contribution in [0.2, 0.25) is 0 Å². The molecule has 4 nitrogen and oxygen atoms in total. The van der Waals surface area contributed by atoms with Gasteiger partial charge in [-0.15, -0.1) is 11.3 Å². The molecule has 0 amide bonds. The van der Waals surface area contributed by atoms with Crippen molar-refractivity contribution >= 4 is 22.3 Å². The largest absolute Gasteiger partial charge is 0.381 e. The quantitative estimate of drug-likeness (QED) is 0.823. The number of methoxy groups -OCH3 is 1. The van der Waals surface area contributed by atoms with Gasteiger partial charge in [-0.2, -0.15) is 0 Å². The van der Waals surface area contributed by atoms with Gasteiger partial charge in [-0.1, -0.05) is 0 Å². The first-order chi connectivity index (χ1) is 8.78. The Morgan fingerprint density at radius 3 is 2.78 bits per heavy atom. The number of anilines is 1. The van der Waals surface area contributed by atoms with Crippen LogP contribution >= 0.6 is 11.3 Å². The fraction of sp³-hybridized carbons (Fsp3) is 0.692. The molecule has 0 spiro atoms. The van der Waals surface area contributed by atoms with Gasteiger partial charge < -0.3 is 9.64 Å². The number of ketones is 1. The Balaban J connectivity index is 1.76. The molecule has 0 saturated carbocycles. The smallest absolute Gasteiger partial charge is 0.186 e. The lowest BCUT2D eigenvalue weighted by atomic mass is 10.0. The zero-order valence-electron chi connectivity index (χ0n) is 10.6. The molecular weight excluding hydrogens is 248 g/mol. The number of carbonyl (C=O) groups excluding carboxylic acids is 1. The molecule has 0 atom stereocenters. The molecule has 0 N–H and O–H groups in total. The van der Waals surface area contributed by atoms with Crippen molar-refractivity contribution in [1.82, 2.24) is 4.98 Å². The highest BCUT2D eigenvalue weighted by atomic mass is 32.1. The standard InChI is InChI=1S/C13H18N2O2S/c1-17-9-5-7-15(8-6-9)13-14-12-10(16)3-2-4-11(12)18-13/h9H,2-8H2,1H3. The van der Waals surface area contributed by atoms with Crippen LogP contribution in [0.3, 0.4) is 0 Å². The molecule has 1 fully saturated rings. The van der Waals surface area contributed by atoms with E-state index in [-0.39, 0.29) is 5.78 Å². The maximum absolute atomic E-state index is 11.8. The maximum Gasteiger partial charge on any atom is 0.186 e. The molecule has 1 saturated heterocycles. The molecule has 18 heavy (non-hydrogen) atoms. The van der Waals surface area contributed by atoms with Gasteiger partial charge in [0.25, 0.3) is 0 Å².